The van der Waals surface area contributed by atoms with Gasteiger partial charge in [0.05, 0.1) is 46.4 Å². The maximum absolute atomic E-state index is 14.5. The highest BCUT2D eigenvalue weighted by Crippen LogP contribution is 2.51. The third-order valence-electron chi connectivity index (χ3n) is 10.1. The third kappa shape index (κ3) is 5.05. The van der Waals surface area contributed by atoms with Gasteiger partial charge in [-0.1, -0.05) is 29.8 Å². The van der Waals surface area contributed by atoms with E-state index < -0.39 is 0 Å². The number of aryl methyl sites for hydroxylation is 3. The quantitative estimate of drug-likeness (QED) is 0.168. The number of benzene rings is 2. The minimum absolute atomic E-state index is 0.0125. The van der Waals surface area contributed by atoms with Crippen molar-refractivity contribution in [1.82, 2.24) is 25.1 Å². The second kappa shape index (κ2) is 12.2. The number of ether oxygens (including phenoxy) is 1. The smallest absolute Gasteiger partial charge is 0.257 e. The summed E-state index contributed by atoms with van der Waals surface area (Å²) in [5.74, 6) is 1.44. The van der Waals surface area contributed by atoms with Gasteiger partial charge in [-0.25, -0.2) is 9.37 Å². The number of carbonyl (C=O) groups is 1. The van der Waals surface area contributed by atoms with Crippen LogP contribution in [-0.2, 0) is 19.3 Å². The Morgan fingerprint density at radius 2 is 2.00 bits per heavy atom. The number of aromatic nitrogens is 4. The Morgan fingerprint density at radius 3 is 2.82 bits per heavy atom. The predicted octanol–water partition coefficient (Wildman–Crippen LogP) is 8.69. The van der Waals surface area contributed by atoms with Crippen molar-refractivity contribution in [2.75, 3.05) is 19.0 Å². The first-order chi connectivity index (χ1) is 24.4. The lowest BCUT2D eigenvalue weighted by Crippen LogP contribution is -2.22. The van der Waals surface area contributed by atoms with Crippen LogP contribution < -0.4 is 10.1 Å². The monoisotopic (exact) mass is 706 g/mol. The molecule has 6 heterocycles. The summed E-state index contributed by atoms with van der Waals surface area (Å²) in [6.07, 6.45) is 6.37. The van der Waals surface area contributed by atoms with Crippen LogP contribution in [0, 0.1) is 12.7 Å². The van der Waals surface area contributed by atoms with Crippen molar-refractivity contribution in [3.8, 4) is 27.6 Å². The molecule has 9 rings (SSSR count). The van der Waals surface area contributed by atoms with Crippen LogP contribution in [0.3, 0.4) is 0 Å². The number of hydrogen-bond acceptors (Lipinski definition) is 9. The number of thiophene rings is 1. The summed E-state index contributed by atoms with van der Waals surface area (Å²) in [5.41, 5.74) is 6.69. The molecule has 0 spiro atoms. The normalized spacial score (nSPS) is 17.8. The summed E-state index contributed by atoms with van der Waals surface area (Å²) < 4.78 is 27.0. The van der Waals surface area contributed by atoms with Crippen molar-refractivity contribution in [2.45, 2.75) is 57.5 Å². The van der Waals surface area contributed by atoms with Gasteiger partial charge in [-0.3, -0.25) is 9.78 Å². The van der Waals surface area contributed by atoms with E-state index in [0.29, 0.717) is 59.5 Å². The maximum Gasteiger partial charge on any atom is 0.257 e. The fourth-order valence-electron chi connectivity index (χ4n) is 7.93. The van der Waals surface area contributed by atoms with E-state index in [2.05, 4.69) is 27.6 Å². The van der Waals surface area contributed by atoms with E-state index in [-0.39, 0.29) is 23.8 Å². The zero-order chi connectivity index (χ0) is 34.1. The molecule has 9 nitrogen and oxygen atoms in total. The molecule has 1 saturated heterocycles. The van der Waals surface area contributed by atoms with Crippen molar-refractivity contribution >= 4 is 44.7 Å². The lowest BCUT2D eigenvalue weighted by Gasteiger charge is -2.16. The van der Waals surface area contributed by atoms with Gasteiger partial charge in [0.15, 0.2) is 11.6 Å². The van der Waals surface area contributed by atoms with Gasteiger partial charge in [-0.15, -0.1) is 21.5 Å². The summed E-state index contributed by atoms with van der Waals surface area (Å²) in [6, 6.07) is 15.1. The Morgan fingerprint density at radius 1 is 1.10 bits per heavy atom. The molecule has 1 fully saturated rings. The van der Waals surface area contributed by atoms with Crippen molar-refractivity contribution in [1.29, 1.82) is 0 Å². The van der Waals surface area contributed by atoms with Gasteiger partial charge in [0.2, 0.25) is 11.8 Å². The van der Waals surface area contributed by atoms with Crippen molar-refractivity contribution < 1.29 is 18.3 Å². The van der Waals surface area contributed by atoms with E-state index >= 15 is 0 Å². The summed E-state index contributed by atoms with van der Waals surface area (Å²) in [5, 5.41) is 14.0. The van der Waals surface area contributed by atoms with Gasteiger partial charge in [0, 0.05) is 40.7 Å². The fraction of sp³-hybridized carbons (Fsp3) is 0.289. The third-order valence-corrected chi connectivity index (χ3v) is 11.5. The second-order valence-electron chi connectivity index (χ2n) is 13.1. The molecular formula is C38H32ClFN6O3S. The summed E-state index contributed by atoms with van der Waals surface area (Å²) in [6.45, 7) is 2.46. The van der Waals surface area contributed by atoms with Gasteiger partial charge in [0.1, 0.15) is 5.82 Å². The number of anilines is 1. The number of fused-ring (bicyclic) bond motifs is 5. The number of halogens is 2. The molecule has 2 atom stereocenters. The van der Waals surface area contributed by atoms with Gasteiger partial charge in [0.25, 0.3) is 5.91 Å². The lowest BCUT2D eigenvalue weighted by atomic mass is 9.93. The number of amides is 1. The van der Waals surface area contributed by atoms with E-state index in [1.165, 1.54) is 13.2 Å². The van der Waals surface area contributed by atoms with Crippen LogP contribution in [0.15, 0.2) is 59.1 Å². The Kier molecular flexibility index (Phi) is 7.58. The zero-order valence-electron chi connectivity index (χ0n) is 27.4. The summed E-state index contributed by atoms with van der Waals surface area (Å²) >= 11 is 7.92. The molecule has 0 bridgehead atoms. The maximum atomic E-state index is 14.5. The molecule has 2 aromatic carbocycles. The van der Waals surface area contributed by atoms with E-state index in [0.717, 1.165) is 73.7 Å². The first-order valence-corrected chi connectivity index (χ1v) is 18.0. The van der Waals surface area contributed by atoms with Crippen LogP contribution in [0.4, 0.5) is 10.2 Å². The number of nitrogens with zero attached hydrogens (tertiary/aromatic N) is 5. The molecule has 1 aliphatic carbocycles. The molecule has 1 amide bonds. The largest absolute Gasteiger partial charge is 0.493 e. The zero-order valence-corrected chi connectivity index (χ0v) is 29.0. The molecule has 12 heteroatoms. The Labute approximate surface area is 296 Å². The van der Waals surface area contributed by atoms with Gasteiger partial charge in [-0.2, -0.15) is 0 Å². The number of carbonyl (C=O) groups excluding carboxylic acids is 1. The average molecular weight is 707 g/mol. The number of methoxy groups -OCH3 is 1. The first-order valence-electron chi connectivity index (χ1n) is 16.8. The second-order valence-corrected chi connectivity index (χ2v) is 14.5. The minimum atomic E-state index is -0.353. The molecule has 1 unspecified atom stereocenters. The predicted molar refractivity (Wildman–Crippen MR) is 190 cm³/mol. The molecule has 0 radical (unpaired) electrons. The average Bonchev–Trinajstić information content (AvgIpc) is 3.95. The standard InChI is InChI=1S/C38H32ClFN6O3S/c1-19-44-45-37(49-19)30-27(12-8-20-5-3-6-22(39)17-20)42-33-28-7-4-16-46(28)38(47)32(33)31(30)29-18-21-14-15-41-36(35(21)50-29)43-26-13-10-24-23(26)9-11-25(40)34(24)48-2/h3,5-6,9,11,14-15,17-18,26,28H,4,7-8,10,12-13,16H2,1-2H3,(H,41,43)/t26-,28?/m1/s1. The highest BCUT2D eigenvalue weighted by molar-refractivity contribution is 7.23. The Bertz CT molecular complexity index is 2340. The van der Waals surface area contributed by atoms with Crippen LogP contribution in [0.5, 0.6) is 5.75 Å². The van der Waals surface area contributed by atoms with E-state index in [1.54, 1.807) is 24.5 Å². The molecule has 3 aliphatic rings. The van der Waals surface area contributed by atoms with Crippen molar-refractivity contribution in [3.63, 3.8) is 0 Å². The number of pyridine rings is 2. The molecule has 1 N–H and O–H groups in total. The topological polar surface area (TPSA) is 106 Å². The van der Waals surface area contributed by atoms with E-state index in [9.17, 15) is 9.18 Å². The highest BCUT2D eigenvalue weighted by atomic mass is 35.5. The molecule has 2 aliphatic heterocycles. The van der Waals surface area contributed by atoms with E-state index in [1.807, 2.05) is 35.2 Å². The lowest BCUT2D eigenvalue weighted by molar-refractivity contribution is 0.0776. The fourth-order valence-corrected chi connectivity index (χ4v) is 9.31. The summed E-state index contributed by atoms with van der Waals surface area (Å²) in [4.78, 5) is 27.1. The number of nitrogens with one attached hydrogen (secondary N) is 1. The molecule has 50 heavy (non-hydrogen) atoms. The van der Waals surface area contributed by atoms with Crippen LogP contribution in [-0.4, -0.2) is 44.6 Å². The Balaban J connectivity index is 1.20. The van der Waals surface area contributed by atoms with Crippen molar-refractivity contribution in [2.24, 2.45) is 0 Å². The van der Waals surface area contributed by atoms with Crippen LogP contribution in [0.1, 0.15) is 75.7 Å². The van der Waals surface area contributed by atoms with Crippen molar-refractivity contribution in [3.05, 3.63) is 105 Å². The van der Waals surface area contributed by atoms with Crippen LogP contribution in [0.2, 0.25) is 5.02 Å². The van der Waals surface area contributed by atoms with E-state index in [4.69, 9.17) is 30.7 Å². The minimum Gasteiger partial charge on any atom is -0.493 e. The summed E-state index contributed by atoms with van der Waals surface area (Å²) in [7, 11) is 1.51. The van der Waals surface area contributed by atoms with Crippen LogP contribution in [0.25, 0.3) is 32.0 Å². The van der Waals surface area contributed by atoms with Gasteiger partial charge < -0.3 is 19.4 Å². The van der Waals surface area contributed by atoms with Gasteiger partial charge in [-0.05, 0) is 85.4 Å². The van der Waals surface area contributed by atoms with Gasteiger partial charge >= 0.3 is 0 Å². The number of rotatable bonds is 8. The number of hydrogen-bond donors (Lipinski definition) is 1. The Hall–Kier alpha value is -4.87. The highest BCUT2D eigenvalue weighted by Gasteiger charge is 2.45. The SMILES string of the molecule is COc1c(F)ccc2c1CC[C@H]2Nc1nccc2cc(-c3c4c(nc(CCc5cccc(Cl)c5)c3-c3nnc(C)o3)C3CCCN3C4=O)sc12. The molecule has 4 aromatic heterocycles. The molecule has 252 valence electrons. The molecule has 0 saturated carbocycles. The molecular weight excluding hydrogens is 675 g/mol. The molecule has 6 aromatic rings. The first kappa shape index (κ1) is 31.1. The van der Waals surface area contributed by atoms with Crippen LogP contribution >= 0.6 is 22.9 Å².